The molecule has 1 fully saturated rings. The average Bonchev–Trinajstić information content (AvgIpc) is 3.04. The minimum Gasteiger partial charge on any atom is -0.354 e. The smallest absolute Gasteiger partial charge is 0.276 e. The Kier molecular flexibility index (Phi) is 7.69. The topological polar surface area (TPSA) is 72.2 Å². The van der Waals surface area contributed by atoms with Gasteiger partial charge in [-0.2, -0.15) is 5.10 Å². The van der Waals surface area contributed by atoms with E-state index in [9.17, 15) is 14.0 Å². The van der Waals surface area contributed by atoms with Crippen molar-refractivity contribution in [3.05, 3.63) is 63.6 Å². The number of aromatic nitrogens is 3. The number of piperidine rings is 1. The maximum Gasteiger partial charge on any atom is 0.276 e. The van der Waals surface area contributed by atoms with Gasteiger partial charge in [0.05, 0.1) is 11.6 Å². The summed E-state index contributed by atoms with van der Waals surface area (Å²) in [5.74, 6) is 0.957. The molecule has 0 spiro atoms. The Morgan fingerprint density at radius 1 is 1.11 bits per heavy atom. The lowest BCUT2D eigenvalue weighted by atomic mass is 9.92. The van der Waals surface area contributed by atoms with E-state index in [0.29, 0.717) is 18.5 Å². The van der Waals surface area contributed by atoms with E-state index < -0.39 is 0 Å². The molecular formula is C27H36FN5O2. The maximum atomic E-state index is 13.3. The summed E-state index contributed by atoms with van der Waals surface area (Å²) in [4.78, 5) is 28.2. The van der Waals surface area contributed by atoms with Gasteiger partial charge < -0.3 is 14.8 Å². The number of benzene rings is 1. The Morgan fingerprint density at radius 3 is 2.49 bits per heavy atom. The van der Waals surface area contributed by atoms with Crippen LogP contribution in [0.15, 0.2) is 35.3 Å². The molecule has 1 aliphatic heterocycles. The Balaban J connectivity index is 1.39. The van der Waals surface area contributed by atoms with Crippen LogP contribution in [0.25, 0.3) is 10.8 Å². The van der Waals surface area contributed by atoms with Gasteiger partial charge in [0.1, 0.15) is 12.4 Å². The quantitative estimate of drug-likeness (QED) is 0.500. The van der Waals surface area contributed by atoms with Gasteiger partial charge in [-0.3, -0.25) is 9.59 Å². The Bertz CT molecular complexity index is 1240. The normalized spacial score (nSPS) is 18.8. The van der Waals surface area contributed by atoms with Crippen LogP contribution in [0, 0.1) is 31.5 Å². The summed E-state index contributed by atoms with van der Waals surface area (Å²) in [6, 6.07) is 6.35. The van der Waals surface area contributed by atoms with E-state index in [1.165, 1.54) is 23.2 Å². The first-order valence-corrected chi connectivity index (χ1v) is 12.5. The molecule has 1 N–H and O–H groups in total. The van der Waals surface area contributed by atoms with Gasteiger partial charge in [0.25, 0.3) is 5.56 Å². The molecular weight excluding hydrogens is 445 g/mol. The second-order valence-electron chi connectivity index (χ2n) is 10.2. The van der Waals surface area contributed by atoms with E-state index in [4.69, 9.17) is 0 Å². The Labute approximate surface area is 205 Å². The van der Waals surface area contributed by atoms with Crippen molar-refractivity contribution in [2.45, 2.75) is 53.6 Å². The highest BCUT2D eigenvalue weighted by molar-refractivity contribution is 5.87. The van der Waals surface area contributed by atoms with Crippen molar-refractivity contribution in [2.75, 3.05) is 26.2 Å². The van der Waals surface area contributed by atoms with Crippen molar-refractivity contribution in [1.29, 1.82) is 0 Å². The predicted molar refractivity (Wildman–Crippen MR) is 136 cm³/mol. The molecule has 3 heterocycles. The summed E-state index contributed by atoms with van der Waals surface area (Å²) in [5, 5.41) is 8.55. The molecule has 3 aromatic rings. The summed E-state index contributed by atoms with van der Waals surface area (Å²) >= 11 is 0. The van der Waals surface area contributed by atoms with Crippen molar-refractivity contribution >= 4 is 16.7 Å². The molecule has 0 aliphatic carbocycles. The van der Waals surface area contributed by atoms with E-state index in [0.717, 1.165) is 60.2 Å². The number of aryl methyl sites for hydroxylation is 2. The summed E-state index contributed by atoms with van der Waals surface area (Å²) in [7, 11) is 0. The zero-order valence-electron chi connectivity index (χ0n) is 21.2. The van der Waals surface area contributed by atoms with E-state index in [1.54, 1.807) is 18.3 Å². The number of likely N-dealkylation sites (tertiary alicyclic amines) is 1. The zero-order chi connectivity index (χ0) is 25.1. The lowest BCUT2D eigenvalue weighted by Crippen LogP contribution is -2.40. The van der Waals surface area contributed by atoms with Crippen molar-refractivity contribution in [1.82, 2.24) is 24.6 Å². The van der Waals surface area contributed by atoms with Crippen LogP contribution in [0.4, 0.5) is 4.39 Å². The molecule has 0 saturated carbocycles. The van der Waals surface area contributed by atoms with Gasteiger partial charge in [-0.05, 0) is 62.8 Å². The second kappa shape index (κ2) is 10.7. The number of carbonyl (C=O) groups excluding carboxylic acids is 1. The fourth-order valence-electron chi connectivity index (χ4n) is 5.46. The predicted octanol–water partition coefficient (Wildman–Crippen LogP) is 3.49. The number of hydrogen-bond acceptors (Lipinski definition) is 4. The first-order valence-electron chi connectivity index (χ1n) is 12.5. The van der Waals surface area contributed by atoms with Crippen molar-refractivity contribution in [3.63, 3.8) is 0 Å². The van der Waals surface area contributed by atoms with Gasteiger partial charge in [0.2, 0.25) is 5.91 Å². The van der Waals surface area contributed by atoms with Crippen LogP contribution in [0.5, 0.6) is 0 Å². The Hall–Kier alpha value is -3.00. The van der Waals surface area contributed by atoms with E-state index in [1.807, 2.05) is 18.4 Å². The zero-order valence-corrected chi connectivity index (χ0v) is 21.2. The summed E-state index contributed by atoms with van der Waals surface area (Å²) < 4.78 is 16.5. The van der Waals surface area contributed by atoms with Crippen LogP contribution in [0.1, 0.15) is 43.6 Å². The third-order valence-electron chi connectivity index (χ3n) is 7.07. The van der Waals surface area contributed by atoms with E-state index >= 15 is 0 Å². The van der Waals surface area contributed by atoms with Crippen LogP contribution in [-0.2, 0) is 17.9 Å². The molecule has 8 heteroatoms. The lowest BCUT2D eigenvalue weighted by Gasteiger charge is -2.34. The number of fused-ring (bicyclic) bond motifs is 1. The molecule has 0 radical (unpaired) electrons. The second-order valence-corrected chi connectivity index (χ2v) is 10.2. The van der Waals surface area contributed by atoms with Gasteiger partial charge in [-0.25, -0.2) is 9.07 Å². The van der Waals surface area contributed by atoms with Crippen LogP contribution in [-0.4, -0.2) is 51.3 Å². The van der Waals surface area contributed by atoms with E-state index in [-0.39, 0.29) is 23.8 Å². The van der Waals surface area contributed by atoms with Gasteiger partial charge in [0, 0.05) is 43.0 Å². The lowest BCUT2D eigenvalue weighted by molar-refractivity contribution is -0.121. The summed E-state index contributed by atoms with van der Waals surface area (Å²) in [6.45, 7) is 12.7. The maximum absolute atomic E-state index is 13.3. The van der Waals surface area contributed by atoms with Gasteiger partial charge in [0.15, 0.2) is 0 Å². The standard InChI is InChI=1S/C27H36FN5O2/c1-18-12-19(2)15-31(14-18)11-5-10-29-25(34)17-33-27(35)26-21(4)32(20(3)24(26)13-30-33)16-22-6-8-23(28)9-7-22/h6-9,13,18-19H,5,10-12,14-17H2,1-4H3,(H,29,34)/t18-,19-/m1/s1. The van der Waals surface area contributed by atoms with Gasteiger partial charge >= 0.3 is 0 Å². The van der Waals surface area contributed by atoms with E-state index in [2.05, 4.69) is 29.2 Å². The monoisotopic (exact) mass is 481 g/mol. The Morgan fingerprint density at radius 2 is 1.80 bits per heavy atom. The SMILES string of the molecule is Cc1c2cnn(CC(=O)NCCCN3C[C@H](C)C[C@@H](C)C3)c(=O)c2c(C)n1Cc1ccc(F)cc1. The third-order valence-corrected chi connectivity index (χ3v) is 7.07. The fraction of sp³-hybridized carbons (Fsp3) is 0.519. The number of carbonyl (C=O) groups is 1. The molecule has 188 valence electrons. The van der Waals surface area contributed by atoms with Crippen LogP contribution in [0.2, 0.25) is 0 Å². The van der Waals surface area contributed by atoms with Crippen LogP contribution >= 0.6 is 0 Å². The summed E-state index contributed by atoms with van der Waals surface area (Å²) in [5.41, 5.74) is 2.41. The molecule has 35 heavy (non-hydrogen) atoms. The molecule has 1 saturated heterocycles. The number of nitrogens with zero attached hydrogens (tertiary/aromatic N) is 4. The molecule has 2 atom stereocenters. The van der Waals surface area contributed by atoms with Crippen LogP contribution in [0.3, 0.4) is 0 Å². The highest BCUT2D eigenvalue weighted by atomic mass is 19.1. The van der Waals surface area contributed by atoms with Crippen molar-refractivity contribution in [2.24, 2.45) is 11.8 Å². The first kappa shape index (κ1) is 25.1. The third kappa shape index (κ3) is 5.81. The molecule has 1 aliphatic rings. The molecule has 4 rings (SSSR count). The number of amides is 1. The molecule has 7 nitrogen and oxygen atoms in total. The van der Waals surface area contributed by atoms with Gasteiger partial charge in [-0.15, -0.1) is 0 Å². The number of hydrogen-bond donors (Lipinski definition) is 1. The molecule has 0 unspecified atom stereocenters. The molecule has 0 bridgehead atoms. The highest BCUT2D eigenvalue weighted by Crippen LogP contribution is 2.23. The minimum atomic E-state index is -0.277. The number of halogens is 1. The first-order chi connectivity index (χ1) is 16.7. The minimum absolute atomic E-state index is 0.103. The van der Waals surface area contributed by atoms with Crippen LogP contribution < -0.4 is 10.9 Å². The van der Waals surface area contributed by atoms with Gasteiger partial charge in [-0.1, -0.05) is 26.0 Å². The van der Waals surface area contributed by atoms with Crippen molar-refractivity contribution < 1.29 is 9.18 Å². The molecule has 1 aromatic carbocycles. The van der Waals surface area contributed by atoms with Crippen molar-refractivity contribution in [3.8, 4) is 0 Å². The average molecular weight is 482 g/mol. The number of nitrogens with one attached hydrogen (secondary N) is 1. The molecule has 2 aromatic heterocycles. The number of rotatable bonds is 8. The largest absolute Gasteiger partial charge is 0.354 e. The highest BCUT2D eigenvalue weighted by Gasteiger charge is 2.21. The summed E-state index contributed by atoms with van der Waals surface area (Å²) in [6.07, 6.45) is 3.83. The fourth-order valence-corrected chi connectivity index (χ4v) is 5.46. The molecule has 1 amide bonds.